The maximum Gasteiger partial charge on any atom is 1.00 e. The predicted molar refractivity (Wildman–Crippen MR) is 158 cm³/mol. The normalized spacial score (nSPS) is 19.6. The molecule has 2 aliphatic rings. The first kappa shape index (κ1) is 33.9. The zero-order chi connectivity index (χ0) is 29.8. The molecule has 0 spiro atoms. The number of aromatic nitrogens is 1. The summed E-state index contributed by atoms with van der Waals surface area (Å²) in [7, 11) is 1.88. The number of anilines is 1. The minimum absolute atomic E-state index is 0. The molecule has 1 aromatic heterocycles. The van der Waals surface area contributed by atoms with Crippen LogP contribution in [0.3, 0.4) is 0 Å². The summed E-state index contributed by atoms with van der Waals surface area (Å²) in [6.45, 7) is 1.43. The van der Waals surface area contributed by atoms with Gasteiger partial charge in [0.2, 0.25) is 6.41 Å². The summed E-state index contributed by atoms with van der Waals surface area (Å²) >= 11 is 13.0. The molecule has 5 rings (SSSR count). The maximum absolute atomic E-state index is 13.1. The zero-order valence-electron chi connectivity index (χ0n) is 24.4. The van der Waals surface area contributed by atoms with Crippen LogP contribution in [0.1, 0.15) is 54.4 Å². The molecule has 1 unspecified atom stereocenters. The van der Waals surface area contributed by atoms with Gasteiger partial charge in [0.25, 0.3) is 5.91 Å². The van der Waals surface area contributed by atoms with E-state index in [1.165, 1.54) is 0 Å². The Morgan fingerprint density at radius 1 is 1.05 bits per heavy atom. The van der Waals surface area contributed by atoms with Crippen molar-refractivity contribution in [1.82, 2.24) is 9.47 Å². The van der Waals surface area contributed by atoms with Crippen LogP contribution in [-0.2, 0) is 32.5 Å². The molecule has 43 heavy (non-hydrogen) atoms. The fourth-order valence-electron chi connectivity index (χ4n) is 5.74. The number of carboxylic acid groups (broad SMARTS) is 1. The van der Waals surface area contributed by atoms with Crippen LogP contribution < -0.4 is 40.0 Å². The Morgan fingerprint density at radius 2 is 1.74 bits per heavy atom. The van der Waals surface area contributed by atoms with Crippen molar-refractivity contribution in [3.63, 3.8) is 0 Å². The Bertz CT molecular complexity index is 1470. The van der Waals surface area contributed by atoms with E-state index in [0.29, 0.717) is 47.5 Å². The van der Waals surface area contributed by atoms with Gasteiger partial charge in [-0.15, -0.1) is 0 Å². The molecule has 1 aliphatic heterocycles. The molecule has 0 bridgehead atoms. The van der Waals surface area contributed by atoms with E-state index in [2.05, 4.69) is 10.2 Å². The molecule has 1 amide bonds. The first-order chi connectivity index (χ1) is 20.2. The molecular weight excluding hydrogens is 604 g/mol. The van der Waals surface area contributed by atoms with Gasteiger partial charge in [-0.3, -0.25) is 14.5 Å². The number of aryl methyl sites for hydroxylation is 1. The molecule has 9 nitrogen and oxygen atoms in total. The van der Waals surface area contributed by atoms with Crippen LogP contribution >= 0.6 is 23.2 Å². The molecule has 1 atom stereocenters. The fraction of sp³-hybridized carbons (Fsp3) is 0.452. The van der Waals surface area contributed by atoms with Crippen LogP contribution in [0.15, 0.2) is 42.6 Å². The van der Waals surface area contributed by atoms with Gasteiger partial charge >= 0.3 is 29.6 Å². The smallest absolute Gasteiger partial charge is 0.550 e. The summed E-state index contributed by atoms with van der Waals surface area (Å²) in [6, 6.07) is 10.8. The van der Waals surface area contributed by atoms with Gasteiger partial charge in [-0.25, -0.2) is 0 Å². The van der Waals surface area contributed by atoms with Gasteiger partial charge in [0, 0.05) is 54.6 Å². The molecule has 2 aromatic carbocycles. The van der Waals surface area contributed by atoms with Crippen LogP contribution in [-0.4, -0.2) is 59.3 Å². The third-order valence-corrected chi connectivity index (χ3v) is 8.72. The number of carbonyl (C=O) groups is 3. The molecule has 12 heteroatoms. The van der Waals surface area contributed by atoms with Gasteiger partial charge < -0.3 is 29.3 Å². The summed E-state index contributed by atoms with van der Waals surface area (Å²) in [5, 5.41) is 15.4. The van der Waals surface area contributed by atoms with Crippen molar-refractivity contribution in [1.29, 1.82) is 0 Å². The van der Waals surface area contributed by atoms with Crippen molar-refractivity contribution in [3.8, 4) is 0 Å². The van der Waals surface area contributed by atoms with Gasteiger partial charge in [-0.1, -0.05) is 41.4 Å². The Hall–Kier alpha value is -1.95. The van der Waals surface area contributed by atoms with Gasteiger partial charge in [0.1, 0.15) is 6.61 Å². The number of fused-ring (bicyclic) bond motifs is 1. The van der Waals surface area contributed by atoms with Crippen molar-refractivity contribution >= 4 is 57.5 Å². The molecule has 1 saturated carbocycles. The van der Waals surface area contributed by atoms with Crippen molar-refractivity contribution in [2.24, 2.45) is 13.0 Å². The monoisotopic (exact) mass is 637 g/mol. The second-order valence-electron chi connectivity index (χ2n) is 11.1. The minimum atomic E-state index is -1.01. The third-order valence-electron chi connectivity index (χ3n) is 8.06. The summed E-state index contributed by atoms with van der Waals surface area (Å²) in [4.78, 5) is 39.2. The van der Waals surface area contributed by atoms with E-state index in [1.807, 2.05) is 35.9 Å². The van der Waals surface area contributed by atoms with E-state index in [1.54, 1.807) is 18.3 Å². The molecule has 1 aliphatic carbocycles. The average Bonchev–Trinajstić information content (AvgIpc) is 3.63. The number of nitrogens with zero attached hydrogens (tertiary/aromatic N) is 2. The van der Waals surface area contributed by atoms with Gasteiger partial charge in [-0.05, 0) is 68.2 Å². The largest absolute Gasteiger partial charge is 1.00 e. The second kappa shape index (κ2) is 15.4. The maximum atomic E-state index is 13.1. The number of ether oxygens (including phenoxy) is 2. The van der Waals surface area contributed by atoms with Crippen molar-refractivity contribution in [2.45, 2.75) is 57.5 Å². The number of amides is 1. The van der Waals surface area contributed by atoms with Crippen LogP contribution in [0.5, 0.6) is 0 Å². The zero-order valence-corrected chi connectivity index (χ0v) is 28.0. The second-order valence-corrected chi connectivity index (χ2v) is 11.9. The number of aliphatic carboxylic acids is 1. The van der Waals surface area contributed by atoms with Crippen LogP contribution in [0.4, 0.5) is 5.69 Å². The fourth-order valence-corrected chi connectivity index (χ4v) is 6.21. The number of ketones is 1. The summed E-state index contributed by atoms with van der Waals surface area (Å²) in [5.74, 6) is -1.96. The molecule has 224 valence electrons. The summed E-state index contributed by atoms with van der Waals surface area (Å²) in [6.07, 6.45) is 5.23. The van der Waals surface area contributed by atoms with Crippen molar-refractivity contribution in [3.05, 3.63) is 63.8 Å². The van der Waals surface area contributed by atoms with E-state index in [9.17, 15) is 19.5 Å². The minimum Gasteiger partial charge on any atom is -0.550 e. The third kappa shape index (κ3) is 8.41. The van der Waals surface area contributed by atoms with E-state index >= 15 is 0 Å². The predicted octanol–water partition coefficient (Wildman–Crippen LogP) is 1.57. The quantitative estimate of drug-likeness (QED) is 0.251. The Balaban J connectivity index is 0.00000423. The topological polar surface area (TPSA) is 113 Å². The van der Waals surface area contributed by atoms with Crippen LogP contribution in [0.2, 0.25) is 10.0 Å². The van der Waals surface area contributed by atoms with E-state index < -0.39 is 18.3 Å². The Labute approximate surface area is 283 Å². The number of nitrogens with one attached hydrogen (secondary N) is 1. The number of hydrogen-bond acceptors (Lipinski definition) is 7. The standard InChI is InChI=1S/C31H35Cl2N3O6.Na/c1-35-17-24(23-6-2-3-7-28(23)35)29(38)34-27-16-25(32)20(15-26(27)33)14-21(37)18-41-31(36-12-4-5-13-36)42-22-10-8-19(9-11-22)30(39)40;/h2-3,6-7,15-17,19,22,31H,4-5,8-14,18H2,1H3,(H,34,38)(H,39,40);/q;+1/p-1. The van der Waals surface area contributed by atoms with Crippen LogP contribution in [0, 0.1) is 5.92 Å². The van der Waals surface area contributed by atoms with Crippen molar-refractivity contribution in [2.75, 3.05) is 25.0 Å². The molecule has 0 radical (unpaired) electrons. The Morgan fingerprint density at radius 3 is 2.44 bits per heavy atom. The van der Waals surface area contributed by atoms with Gasteiger partial charge in [0.15, 0.2) is 5.78 Å². The number of rotatable bonds is 11. The van der Waals surface area contributed by atoms with E-state index in [4.69, 9.17) is 32.7 Å². The molecule has 1 N–H and O–H groups in total. The van der Waals surface area contributed by atoms with E-state index in [-0.39, 0.29) is 65.4 Å². The number of hydrogen-bond donors (Lipinski definition) is 1. The number of para-hydroxylation sites is 1. The average molecular weight is 639 g/mol. The molecule has 1 saturated heterocycles. The molecule has 2 heterocycles. The van der Waals surface area contributed by atoms with Crippen molar-refractivity contribution < 1.29 is 58.5 Å². The Kier molecular flexibility index (Phi) is 12.1. The molecule has 2 fully saturated rings. The summed E-state index contributed by atoms with van der Waals surface area (Å²) < 4.78 is 14.1. The van der Waals surface area contributed by atoms with Gasteiger partial charge in [-0.2, -0.15) is 0 Å². The molecule has 3 aromatic rings. The number of likely N-dealkylation sites (tertiary alicyclic amines) is 1. The molecular formula is C31H34Cl2N3NaO6. The number of carboxylic acids is 1. The first-order valence-electron chi connectivity index (χ1n) is 14.3. The SMILES string of the molecule is Cn1cc(C(=O)Nc2cc(Cl)c(CC(=O)COC(OC3CCC(C(=O)[O-])CC3)N3CCCC3)cc2Cl)c2ccccc21.[Na+]. The van der Waals surface area contributed by atoms with Gasteiger partial charge in [0.05, 0.1) is 22.4 Å². The number of Topliss-reactive ketones (excluding diaryl/α,β-unsaturated/α-hetero) is 1. The summed E-state index contributed by atoms with van der Waals surface area (Å²) in [5.41, 5.74) is 2.32. The number of halogens is 2. The van der Waals surface area contributed by atoms with Crippen LogP contribution in [0.25, 0.3) is 10.9 Å². The van der Waals surface area contributed by atoms with E-state index in [0.717, 1.165) is 36.8 Å². The number of carbonyl (C=O) groups excluding carboxylic acids is 3. The first-order valence-corrected chi connectivity index (χ1v) is 15.0. The number of benzene rings is 2.